The number of rotatable bonds is 5. The van der Waals surface area contributed by atoms with Gasteiger partial charge in [0.05, 0.1) is 18.2 Å². The topological polar surface area (TPSA) is 99.5 Å². The molecule has 0 radical (unpaired) electrons. The standard InChI is InChI=1S/C20H14F3N3O4/c1-19(14-7-5-12(10-24)6-8-14)17(28)26(18(29)25-19)11-16(27)13-3-2-4-15(9-13)30-20(21,22)23/h2-9H,11H2,1H3,(H,25,29). The predicted octanol–water partition coefficient (Wildman–Crippen LogP) is 3.11. The largest absolute Gasteiger partial charge is 0.573 e. The van der Waals surface area contributed by atoms with Crippen molar-refractivity contribution in [3.63, 3.8) is 0 Å². The molecule has 2 aromatic carbocycles. The van der Waals surface area contributed by atoms with Crippen LogP contribution in [-0.2, 0) is 10.3 Å². The van der Waals surface area contributed by atoms with Gasteiger partial charge >= 0.3 is 12.4 Å². The summed E-state index contributed by atoms with van der Waals surface area (Å²) in [5, 5.41) is 11.4. The van der Waals surface area contributed by atoms with Crippen LogP contribution < -0.4 is 10.1 Å². The average Bonchev–Trinajstić information content (AvgIpc) is 2.91. The molecule has 3 rings (SSSR count). The summed E-state index contributed by atoms with van der Waals surface area (Å²) in [6, 6.07) is 11.5. The molecular weight excluding hydrogens is 403 g/mol. The molecule has 1 unspecified atom stereocenters. The quantitative estimate of drug-likeness (QED) is 0.595. The maximum atomic E-state index is 12.9. The second-order valence-corrected chi connectivity index (χ2v) is 6.63. The van der Waals surface area contributed by atoms with Crippen LogP contribution in [0.1, 0.15) is 28.4 Å². The Hall–Kier alpha value is -3.87. The zero-order chi connectivity index (χ0) is 22.1. The predicted molar refractivity (Wildman–Crippen MR) is 96.2 cm³/mol. The minimum absolute atomic E-state index is 0.149. The van der Waals surface area contributed by atoms with E-state index in [-0.39, 0.29) is 5.56 Å². The molecule has 1 N–H and O–H groups in total. The Kier molecular flexibility index (Phi) is 5.22. The van der Waals surface area contributed by atoms with Gasteiger partial charge in [0.25, 0.3) is 5.91 Å². The lowest BCUT2D eigenvalue weighted by atomic mass is 9.91. The number of Topliss-reactive ketones (excluding diaryl/α,β-unsaturated/α-hetero) is 1. The number of halogens is 3. The number of hydrogen-bond acceptors (Lipinski definition) is 5. The van der Waals surface area contributed by atoms with Gasteiger partial charge in [-0.1, -0.05) is 24.3 Å². The number of nitriles is 1. The van der Waals surface area contributed by atoms with E-state index in [0.717, 1.165) is 12.1 Å². The fourth-order valence-electron chi connectivity index (χ4n) is 3.02. The molecule has 1 atom stereocenters. The van der Waals surface area contributed by atoms with E-state index >= 15 is 0 Å². The van der Waals surface area contributed by atoms with E-state index in [1.165, 1.54) is 43.3 Å². The third kappa shape index (κ3) is 4.10. The minimum Gasteiger partial charge on any atom is -0.406 e. The highest BCUT2D eigenvalue weighted by molar-refractivity contribution is 6.11. The van der Waals surface area contributed by atoms with Gasteiger partial charge in [0.1, 0.15) is 11.3 Å². The molecule has 1 fully saturated rings. The monoisotopic (exact) mass is 417 g/mol. The van der Waals surface area contributed by atoms with E-state index in [1.807, 2.05) is 6.07 Å². The summed E-state index contributed by atoms with van der Waals surface area (Å²) < 4.78 is 40.9. The van der Waals surface area contributed by atoms with Crippen molar-refractivity contribution >= 4 is 17.7 Å². The van der Waals surface area contributed by atoms with Gasteiger partial charge in [-0.05, 0) is 36.8 Å². The van der Waals surface area contributed by atoms with Gasteiger partial charge in [-0.15, -0.1) is 13.2 Å². The summed E-state index contributed by atoms with van der Waals surface area (Å²) in [4.78, 5) is 38.4. The zero-order valence-electron chi connectivity index (χ0n) is 15.5. The maximum absolute atomic E-state index is 12.9. The SMILES string of the molecule is CC1(c2ccc(C#N)cc2)NC(=O)N(CC(=O)c2cccc(OC(F)(F)F)c2)C1=O. The third-order valence-corrected chi connectivity index (χ3v) is 4.56. The van der Waals surface area contributed by atoms with E-state index in [0.29, 0.717) is 16.0 Å². The van der Waals surface area contributed by atoms with Crippen LogP contribution in [-0.4, -0.2) is 35.5 Å². The zero-order valence-corrected chi connectivity index (χ0v) is 15.5. The molecule has 0 aliphatic carbocycles. The Morgan fingerprint density at radius 3 is 2.47 bits per heavy atom. The number of alkyl halides is 3. The summed E-state index contributed by atoms with van der Waals surface area (Å²) in [6.07, 6.45) is -4.92. The Balaban J connectivity index is 1.79. The first-order valence-corrected chi connectivity index (χ1v) is 8.57. The van der Waals surface area contributed by atoms with Crippen LogP contribution in [0.4, 0.5) is 18.0 Å². The molecule has 0 bridgehead atoms. The molecule has 0 saturated carbocycles. The third-order valence-electron chi connectivity index (χ3n) is 4.56. The summed E-state index contributed by atoms with van der Waals surface area (Å²) in [7, 11) is 0. The highest BCUT2D eigenvalue weighted by Crippen LogP contribution is 2.29. The molecular formula is C20H14F3N3O4. The molecule has 30 heavy (non-hydrogen) atoms. The Labute approximate surface area is 168 Å². The van der Waals surface area contributed by atoms with E-state index in [2.05, 4.69) is 10.1 Å². The number of hydrogen-bond donors (Lipinski definition) is 1. The highest BCUT2D eigenvalue weighted by atomic mass is 19.4. The molecule has 2 aromatic rings. The molecule has 3 amide bonds. The van der Waals surface area contributed by atoms with Crippen LogP contribution in [0, 0.1) is 11.3 Å². The number of ketones is 1. The first-order chi connectivity index (χ1) is 14.0. The highest BCUT2D eigenvalue weighted by Gasteiger charge is 2.49. The molecule has 0 spiro atoms. The van der Waals surface area contributed by atoms with Gasteiger partial charge in [-0.3, -0.25) is 14.5 Å². The van der Waals surface area contributed by atoms with Crippen molar-refractivity contribution in [1.82, 2.24) is 10.2 Å². The number of carbonyl (C=O) groups is 3. The number of carbonyl (C=O) groups excluding carboxylic acids is 3. The van der Waals surface area contributed by atoms with E-state index in [9.17, 15) is 27.6 Å². The molecule has 154 valence electrons. The Bertz CT molecular complexity index is 1060. The van der Waals surface area contributed by atoms with Crippen molar-refractivity contribution in [2.45, 2.75) is 18.8 Å². The van der Waals surface area contributed by atoms with Crippen LogP contribution >= 0.6 is 0 Å². The van der Waals surface area contributed by atoms with Gasteiger partial charge in [0.2, 0.25) is 0 Å². The first-order valence-electron chi connectivity index (χ1n) is 8.57. The molecule has 1 aliphatic heterocycles. The van der Waals surface area contributed by atoms with Crippen molar-refractivity contribution in [1.29, 1.82) is 5.26 Å². The molecule has 1 heterocycles. The van der Waals surface area contributed by atoms with Gasteiger partial charge in [-0.2, -0.15) is 5.26 Å². The summed E-state index contributed by atoms with van der Waals surface area (Å²) >= 11 is 0. The fraction of sp³-hybridized carbons (Fsp3) is 0.200. The summed E-state index contributed by atoms with van der Waals surface area (Å²) in [5.41, 5.74) is -0.820. The van der Waals surface area contributed by atoms with Crippen LogP contribution in [0.5, 0.6) is 5.75 Å². The Morgan fingerprint density at radius 1 is 1.20 bits per heavy atom. The van der Waals surface area contributed by atoms with Crippen LogP contribution in [0.2, 0.25) is 0 Å². The lowest BCUT2D eigenvalue weighted by Crippen LogP contribution is -2.41. The second-order valence-electron chi connectivity index (χ2n) is 6.63. The number of imide groups is 1. The van der Waals surface area contributed by atoms with Crippen LogP contribution in [0.25, 0.3) is 0 Å². The van der Waals surface area contributed by atoms with Crippen molar-refractivity contribution in [2.75, 3.05) is 6.54 Å². The van der Waals surface area contributed by atoms with Gasteiger partial charge in [0, 0.05) is 5.56 Å². The summed E-state index contributed by atoms with van der Waals surface area (Å²) in [6.45, 7) is 0.795. The van der Waals surface area contributed by atoms with Crippen LogP contribution in [0.3, 0.4) is 0 Å². The average molecular weight is 417 g/mol. The maximum Gasteiger partial charge on any atom is 0.573 e. The van der Waals surface area contributed by atoms with Gasteiger partial charge < -0.3 is 10.1 Å². The van der Waals surface area contributed by atoms with Gasteiger partial charge in [-0.25, -0.2) is 4.79 Å². The van der Waals surface area contributed by atoms with Crippen LogP contribution in [0.15, 0.2) is 48.5 Å². The number of benzene rings is 2. The number of nitrogens with one attached hydrogen (secondary N) is 1. The number of amides is 3. The van der Waals surface area contributed by atoms with Crippen molar-refractivity contribution in [3.05, 3.63) is 65.2 Å². The smallest absolute Gasteiger partial charge is 0.406 e. The van der Waals surface area contributed by atoms with Crippen molar-refractivity contribution < 1.29 is 32.3 Å². The molecule has 7 nitrogen and oxygen atoms in total. The molecule has 1 saturated heterocycles. The van der Waals surface area contributed by atoms with Gasteiger partial charge in [0.15, 0.2) is 5.78 Å². The molecule has 0 aromatic heterocycles. The van der Waals surface area contributed by atoms with E-state index in [4.69, 9.17) is 5.26 Å². The normalized spacial score (nSPS) is 18.7. The van der Waals surface area contributed by atoms with Crippen molar-refractivity contribution in [3.8, 4) is 11.8 Å². The lowest BCUT2D eigenvalue weighted by Gasteiger charge is -2.22. The molecule has 1 aliphatic rings. The van der Waals surface area contributed by atoms with E-state index < -0.39 is 41.9 Å². The van der Waals surface area contributed by atoms with Crippen molar-refractivity contribution in [2.24, 2.45) is 0 Å². The number of ether oxygens (including phenoxy) is 1. The molecule has 10 heteroatoms. The Morgan fingerprint density at radius 2 is 1.87 bits per heavy atom. The summed E-state index contributed by atoms with van der Waals surface area (Å²) in [5.74, 6) is -2.03. The number of urea groups is 1. The van der Waals surface area contributed by atoms with E-state index in [1.54, 1.807) is 0 Å². The fourth-order valence-corrected chi connectivity index (χ4v) is 3.02. The number of nitrogens with zero attached hydrogens (tertiary/aromatic N) is 2. The second kappa shape index (κ2) is 7.51. The minimum atomic E-state index is -4.92. The lowest BCUT2D eigenvalue weighted by molar-refractivity contribution is -0.274. The first kappa shape index (κ1) is 20.9.